The summed E-state index contributed by atoms with van der Waals surface area (Å²) in [6, 6.07) is 26.7. The van der Waals surface area contributed by atoms with E-state index in [4.69, 9.17) is 12.2 Å². The standard InChI is InChI=1S/C26H17N3O3S/c30-23(18-13-12-16-6-1-2-7-17(16)14-18)28-26(33)27-19-8-5-9-20(15-19)29-24(31)21-10-3-4-11-22(21)25(29)32/h1-15H,(H2,27,28,30,33). The maximum Gasteiger partial charge on any atom is 0.266 e. The average Bonchev–Trinajstić information content (AvgIpc) is 3.09. The highest BCUT2D eigenvalue weighted by Gasteiger charge is 2.36. The minimum absolute atomic E-state index is 0.104. The molecule has 0 aromatic heterocycles. The number of rotatable bonds is 3. The number of thiocarbonyl (C=S) groups is 1. The van der Waals surface area contributed by atoms with Crippen molar-refractivity contribution in [1.82, 2.24) is 5.32 Å². The molecule has 0 radical (unpaired) electrons. The largest absolute Gasteiger partial charge is 0.332 e. The van der Waals surface area contributed by atoms with Crippen LogP contribution in [0.1, 0.15) is 31.1 Å². The van der Waals surface area contributed by atoms with Gasteiger partial charge < -0.3 is 5.32 Å². The number of nitrogens with zero attached hydrogens (tertiary/aromatic N) is 1. The number of anilines is 2. The van der Waals surface area contributed by atoms with Crippen LogP contribution in [0.3, 0.4) is 0 Å². The highest BCUT2D eigenvalue weighted by atomic mass is 32.1. The number of imide groups is 1. The first-order valence-corrected chi connectivity index (χ1v) is 10.6. The van der Waals surface area contributed by atoms with Gasteiger partial charge in [0.05, 0.1) is 16.8 Å². The quantitative estimate of drug-likeness (QED) is 0.347. The molecule has 0 saturated heterocycles. The van der Waals surface area contributed by atoms with Crippen LogP contribution in [-0.4, -0.2) is 22.8 Å². The lowest BCUT2D eigenvalue weighted by molar-refractivity contribution is 0.0924. The maximum absolute atomic E-state index is 12.7. The molecule has 1 aliphatic rings. The van der Waals surface area contributed by atoms with E-state index < -0.39 is 0 Å². The molecule has 0 fully saturated rings. The van der Waals surface area contributed by atoms with Gasteiger partial charge in [0, 0.05) is 11.3 Å². The Hall–Kier alpha value is -4.36. The fraction of sp³-hybridized carbons (Fsp3) is 0. The normalized spacial score (nSPS) is 12.5. The summed E-state index contributed by atoms with van der Waals surface area (Å²) in [5, 5.41) is 7.71. The molecule has 3 amide bonds. The second-order valence-electron chi connectivity index (χ2n) is 7.51. The van der Waals surface area contributed by atoms with E-state index in [1.807, 2.05) is 30.3 Å². The summed E-state index contributed by atoms with van der Waals surface area (Å²) in [6.45, 7) is 0. The highest BCUT2D eigenvalue weighted by molar-refractivity contribution is 7.80. The first kappa shape index (κ1) is 20.5. The van der Waals surface area contributed by atoms with Crippen LogP contribution in [0.2, 0.25) is 0 Å². The number of carbonyl (C=O) groups is 3. The van der Waals surface area contributed by atoms with E-state index in [0.717, 1.165) is 15.7 Å². The van der Waals surface area contributed by atoms with Gasteiger partial charge in [-0.3, -0.25) is 19.7 Å². The fourth-order valence-corrected chi connectivity index (χ4v) is 4.03. The van der Waals surface area contributed by atoms with Crippen LogP contribution in [0, 0.1) is 0 Å². The van der Waals surface area contributed by atoms with Gasteiger partial charge in [-0.1, -0.05) is 48.5 Å². The van der Waals surface area contributed by atoms with Gasteiger partial charge in [-0.15, -0.1) is 0 Å². The van der Waals surface area contributed by atoms with Crippen molar-refractivity contribution in [3.8, 4) is 0 Å². The zero-order valence-electron chi connectivity index (χ0n) is 17.2. The predicted molar refractivity (Wildman–Crippen MR) is 132 cm³/mol. The molecule has 0 saturated carbocycles. The molecular formula is C26H17N3O3S. The molecule has 4 aromatic carbocycles. The van der Waals surface area contributed by atoms with Crippen LogP contribution in [0.25, 0.3) is 10.8 Å². The van der Waals surface area contributed by atoms with Gasteiger partial charge in [-0.2, -0.15) is 0 Å². The monoisotopic (exact) mass is 451 g/mol. The molecule has 0 unspecified atom stereocenters. The van der Waals surface area contributed by atoms with Crippen LogP contribution in [0.4, 0.5) is 11.4 Å². The minimum Gasteiger partial charge on any atom is -0.332 e. The molecule has 6 nitrogen and oxygen atoms in total. The van der Waals surface area contributed by atoms with Crippen LogP contribution in [0.5, 0.6) is 0 Å². The number of hydrogen-bond acceptors (Lipinski definition) is 4. The molecule has 0 spiro atoms. The average molecular weight is 452 g/mol. The van der Waals surface area contributed by atoms with Gasteiger partial charge in [0.1, 0.15) is 0 Å². The van der Waals surface area contributed by atoms with E-state index in [9.17, 15) is 14.4 Å². The van der Waals surface area contributed by atoms with E-state index >= 15 is 0 Å². The summed E-state index contributed by atoms with van der Waals surface area (Å²) in [5.74, 6) is -1.09. The summed E-state index contributed by atoms with van der Waals surface area (Å²) in [6.07, 6.45) is 0. The van der Waals surface area contributed by atoms with Gasteiger partial charge in [0.25, 0.3) is 17.7 Å². The van der Waals surface area contributed by atoms with Crippen molar-refractivity contribution in [2.75, 3.05) is 10.2 Å². The number of carbonyl (C=O) groups excluding carboxylic acids is 3. The Morgan fingerprint density at radius 3 is 2.12 bits per heavy atom. The molecular weight excluding hydrogens is 434 g/mol. The van der Waals surface area contributed by atoms with Gasteiger partial charge >= 0.3 is 0 Å². The lowest BCUT2D eigenvalue weighted by atomic mass is 10.1. The molecule has 0 atom stereocenters. The zero-order valence-corrected chi connectivity index (χ0v) is 18.1. The van der Waals surface area contributed by atoms with E-state index in [0.29, 0.717) is 28.1 Å². The molecule has 0 aliphatic carbocycles. The first-order valence-electron chi connectivity index (χ1n) is 10.2. The molecule has 0 bridgehead atoms. The second kappa shape index (κ2) is 8.29. The van der Waals surface area contributed by atoms with Crippen LogP contribution < -0.4 is 15.5 Å². The summed E-state index contributed by atoms with van der Waals surface area (Å²) in [7, 11) is 0. The highest BCUT2D eigenvalue weighted by Crippen LogP contribution is 2.29. The summed E-state index contributed by atoms with van der Waals surface area (Å²) < 4.78 is 0. The van der Waals surface area contributed by atoms with Gasteiger partial charge in [-0.05, 0) is 65.5 Å². The van der Waals surface area contributed by atoms with Gasteiger partial charge in [-0.25, -0.2) is 4.90 Å². The minimum atomic E-state index is -0.375. The van der Waals surface area contributed by atoms with Crippen molar-refractivity contribution in [3.05, 3.63) is 108 Å². The Bertz CT molecular complexity index is 1430. The number of benzene rings is 4. The molecule has 1 heterocycles. The van der Waals surface area contributed by atoms with Crippen molar-refractivity contribution >= 4 is 57.2 Å². The maximum atomic E-state index is 12.7. The van der Waals surface area contributed by atoms with Crippen molar-refractivity contribution < 1.29 is 14.4 Å². The number of amides is 3. The Labute approximate surface area is 194 Å². The molecule has 4 aromatic rings. The molecule has 2 N–H and O–H groups in total. The fourth-order valence-electron chi connectivity index (χ4n) is 3.81. The van der Waals surface area contributed by atoms with Crippen molar-refractivity contribution in [2.24, 2.45) is 0 Å². The molecule has 160 valence electrons. The Kier molecular flexibility index (Phi) is 5.16. The SMILES string of the molecule is O=C(NC(=S)Nc1cccc(N2C(=O)c3ccccc3C2=O)c1)c1ccc2ccccc2c1. The first-order chi connectivity index (χ1) is 16.0. The number of nitrogens with one attached hydrogen (secondary N) is 2. The number of hydrogen-bond donors (Lipinski definition) is 2. The third-order valence-corrected chi connectivity index (χ3v) is 5.60. The third-order valence-electron chi connectivity index (χ3n) is 5.40. The van der Waals surface area contributed by atoms with Crippen LogP contribution >= 0.6 is 12.2 Å². The van der Waals surface area contributed by atoms with Crippen molar-refractivity contribution in [3.63, 3.8) is 0 Å². The Morgan fingerprint density at radius 1 is 0.727 bits per heavy atom. The molecule has 1 aliphatic heterocycles. The van der Waals surface area contributed by atoms with E-state index in [1.165, 1.54) is 0 Å². The van der Waals surface area contributed by atoms with Crippen LogP contribution in [0.15, 0.2) is 91.0 Å². The summed E-state index contributed by atoms with van der Waals surface area (Å²) in [4.78, 5) is 39.2. The lowest BCUT2D eigenvalue weighted by Gasteiger charge is -2.16. The Balaban J connectivity index is 1.30. The zero-order chi connectivity index (χ0) is 22.9. The van der Waals surface area contributed by atoms with E-state index in [2.05, 4.69) is 10.6 Å². The number of fused-ring (bicyclic) bond motifs is 2. The van der Waals surface area contributed by atoms with E-state index in [-0.39, 0.29) is 22.8 Å². The second-order valence-corrected chi connectivity index (χ2v) is 7.92. The van der Waals surface area contributed by atoms with Gasteiger partial charge in [0.15, 0.2) is 5.11 Å². The predicted octanol–water partition coefficient (Wildman–Crippen LogP) is 4.77. The molecule has 7 heteroatoms. The lowest BCUT2D eigenvalue weighted by Crippen LogP contribution is -2.34. The summed E-state index contributed by atoms with van der Waals surface area (Å²) in [5.41, 5.74) is 2.18. The van der Waals surface area contributed by atoms with E-state index in [1.54, 1.807) is 60.7 Å². The van der Waals surface area contributed by atoms with Crippen molar-refractivity contribution in [2.45, 2.75) is 0 Å². The smallest absolute Gasteiger partial charge is 0.266 e. The van der Waals surface area contributed by atoms with Crippen molar-refractivity contribution in [1.29, 1.82) is 0 Å². The Morgan fingerprint density at radius 2 is 1.39 bits per heavy atom. The van der Waals surface area contributed by atoms with Gasteiger partial charge in [0.2, 0.25) is 0 Å². The molecule has 33 heavy (non-hydrogen) atoms. The van der Waals surface area contributed by atoms with Crippen LogP contribution in [-0.2, 0) is 0 Å². The summed E-state index contributed by atoms with van der Waals surface area (Å²) >= 11 is 5.30. The molecule has 5 rings (SSSR count). The third kappa shape index (κ3) is 3.86. The topological polar surface area (TPSA) is 78.5 Å².